The van der Waals surface area contributed by atoms with Crippen LogP contribution in [-0.4, -0.2) is 30.7 Å². The molecule has 0 bridgehead atoms. The predicted molar refractivity (Wildman–Crippen MR) is 101 cm³/mol. The number of sulfonamides is 1. The van der Waals surface area contributed by atoms with E-state index in [0.29, 0.717) is 18.7 Å². The summed E-state index contributed by atoms with van der Waals surface area (Å²) in [6, 6.07) is 11.8. The summed E-state index contributed by atoms with van der Waals surface area (Å²) in [5.74, 6) is 0.405. The number of ether oxygens (including phenoxy) is 1. The number of nitro groups is 1. The monoisotopic (exact) mass is 401 g/mol. The quantitative estimate of drug-likeness (QED) is 0.558. The average molecular weight is 401 g/mol. The first-order chi connectivity index (χ1) is 13.3. The van der Waals surface area contributed by atoms with Gasteiger partial charge in [0.15, 0.2) is 0 Å². The molecule has 0 unspecified atom stereocenters. The van der Waals surface area contributed by atoms with Gasteiger partial charge in [-0.2, -0.15) is 9.57 Å². The molecule has 9 heteroatoms. The van der Waals surface area contributed by atoms with Gasteiger partial charge in [0.25, 0.3) is 0 Å². The van der Waals surface area contributed by atoms with Gasteiger partial charge in [0.2, 0.25) is 15.8 Å². The Morgan fingerprint density at radius 1 is 1.29 bits per heavy atom. The maximum absolute atomic E-state index is 12.9. The third-order valence-electron chi connectivity index (χ3n) is 4.58. The van der Waals surface area contributed by atoms with Crippen molar-refractivity contribution in [1.29, 1.82) is 5.26 Å². The summed E-state index contributed by atoms with van der Waals surface area (Å²) in [4.78, 5) is 10.7. The summed E-state index contributed by atoms with van der Waals surface area (Å²) in [5.41, 5.74) is -0.105. The molecule has 8 nitrogen and oxygen atoms in total. The fourth-order valence-corrected chi connectivity index (χ4v) is 4.78. The Morgan fingerprint density at radius 2 is 2.07 bits per heavy atom. The molecule has 1 saturated heterocycles. The van der Waals surface area contributed by atoms with Crippen LogP contribution < -0.4 is 4.74 Å². The van der Waals surface area contributed by atoms with Gasteiger partial charge in [0, 0.05) is 19.2 Å². The highest BCUT2D eigenvalue weighted by atomic mass is 32.2. The van der Waals surface area contributed by atoms with E-state index in [9.17, 15) is 18.5 Å². The number of nitro benzene ring substituents is 1. The molecule has 0 amide bonds. The van der Waals surface area contributed by atoms with Gasteiger partial charge < -0.3 is 4.74 Å². The van der Waals surface area contributed by atoms with Gasteiger partial charge in [-0.15, -0.1) is 0 Å². The van der Waals surface area contributed by atoms with Crippen LogP contribution in [0.4, 0.5) is 5.69 Å². The van der Waals surface area contributed by atoms with Gasteiger partial charge in [-0.1, -0.05) is 13.0 Å². The normalized spacial score (nSPS) is 17.6. The Hall–Kier alpha value is -2.96. The summed E-state index contributed by atoms with van der Waals surface area (Å²) >= 11 is 0. The smallest absolute Gasteiger partial charge is 0.312 e. The predicted octanol–water partition coefficient (Wildman–Crippen LogP) is 3.68. The van der Waals surface area contributed by atoms with Gasteiger partial charge >= 0.3 is 5.69 Å². The lowest BCUT2D eigenvalue weighted by atomic mass is 10.0. The zero-order chi connectivity index (χ0) is 20.3. The maximum atomic E-state index is 12.9. The lowest BCUT2D eigenvalue weighted by molar-refractivity contribution is -0.385. The molecule has 0 aromatic heterocycles. The molecule has 0 saturated carbocycles. The number of nitrogens with zero attached hydrogens (tertiary/aromatic N) is 3. The fourth-order valence-electron chi connectivity index (χ4n) is 3.16. The van der Waals surface area contributed by atoms with Gasteiger partial charge in [-0.05, 0) is 49.1 Å². The van der Waals surface area contributed by atoms with Crippen LogP contribution in [0, 0.1) is 27.4 Å². The molecule has 1 aliphatic rings. The fraction of sp³-hybridized carbons (Fsp3) is 0.316. The highest BCUT2D eigenvalue weighted by molar-refractivity contribution is 7.89. The van der Waals surface area contributed by atoms with E-state index in [2.05, 4.69) is 0 Å². The van der Waals surface area contributed by atoms with Crippen molar-refractivity contribution in [1.82, 2.24) is 4.31 Å². The van der Waals surface area contributed by atoms with Crippen LogP contribution in [0.25, 0.3) is 0 Å². The van der Waals surface area contributed by atoms with E-state index in [-0.39, 0.29) is 22.3 Å². The van der Waals surface area contributed by atoms with E-state index in [1.807, 2.05) is 13.0 Å². The first kappa shape index (κ1) is 19.8. The minimum absolute atomic E-state index is 0.0916. The van der Waals surface area contributed by atoms with Crippen molar-refractivity contribution in [2.24, 2.45) is 5.92 Å². The van der Waals surface area contributed by atoms with Crippen molar-refractivity contribution < 1.29 is 18.1 Å². The van der Waals surface area contributed by atoms with Gasteiger partial charge in [0.1, 0.15) is 5.75 Å². The SMILES string of the molecule is C[C@@H]1CCCN(S(=O)(=O)c2ccc(Oc3cccc(C#N)c3)c([N+](=O)[O-])c2)C1. The zero-order valence-electron chi connectivity index (χ0n) is 15.2. The lowest BCUT2D eigenvalue weighted by Crippen LogP contribution is -2.39. The van der Waals surface area contributed by atoms with Crippen LogP contribution in [0.15, 0.2) is 47.4 Å². The Balaban J connectivity index is 1.95. The minimum atomic E-state index is -3.82. The third-order valence-corrected chi connectivity index (χ3v) is 6.44. The number of rotatable bonds is 5. The summed E-state index contributed by atoms with van der Waals surface area (Å²) in [5, 5.41) is 20.5. The minimum Gasteiger partial charge on any atom is -0.450 e. The molecule has 1 fully saturated rings. The molecule has 1 heterocycles. The summed E-state index contributed by atoms with van der Waals surface area (Å²) in [6.07, 6.45) is 1.72. The second-order valence-corrected chi connectivity index (χ2v) is 8.68. The molecule has 1 aliphatic heterocycles. The van der Waals surface area contributed by atoms with Crippen LogP contribution >= 0.6 is 0 Å². The van der Waals surface area contributed by atoms with E-state index >= 15 is 0 Å². The van der Waals surface area contributed by atoms with Crippen molar-refractivity contribution in [2.45, 2.75) is 24.7 Å². The molecule has 0 radical (unpaired) electrons. The highest BCUT2D eigenvalue weighted by Crippen LogP contribution is 2.35. The second kappa shape index (κ2) is 7.96. The molecule has 28 heavy (non-hydrogen) atoms. The molecular weight excluding hydrogens is 382 g/mol. The standard InChI is InChI=1S/C19H19N3O5S/c1-14-4-3-9-21(13-14)28(25,26)17-7-8-19(18(11-17)22(23)24)27-16-6-2-5-15(10-16)12-20/h2,5-8,10-11,14H,3-4,9,13H2,1H3/t14-/m1/s1. The van der Waals surface area contributed by atoms with E-state index in [4.69, 9.17) is 10.00 Å². The number of benzene rings is 2. The topological polar surface area (TPSA) is 114 Å². The van der Waals surface area contributed by atoms with E-state index < -0.39 is 20.6 Å². The largest absolute Gasteiger partial charge is 0.450 e. The van der Waals surface area contributed by atoms with Crippen molar-refractivity contribution in [3.05, 3.63) is 58.1 Å². The van der Waals surface area contributed by atoms with E-state index in [1.165, 1.54) is 22.5 Å². The van der Waals surface area contributed by atoms with Crippen LogP contribution in [0.3, 0.4) is 0 Å². The summed E-state index contributed by atoms with van der Waals surface area (Å²) < 4.78 is 32.7. The van der Waals surface area contributed by atoms with Crippen molar-refractivity contribution in [3.8, 4) is 17.6 Å². The summed E-state index contributed by atoms with van der Waals surface area (Å²) in [7, 11) is -3.82. The Morgan fingerprint density at radius 3 is 2.75 bits per heavy atom. The number of hydrogen-bond donors (Lipinski definition) is 0. The molecule has 146 valence electrons. The molecular formula is C19H19N3O5S. The molecule has 2 aromatic carbocycles. The maximum Gasteiger partial charge on any atom is 0.312 e. The third kappa shape index (κ3) is 4.13. The van der Waals surface area contributed by atoms with Gasteiger partial charge in [-0.25, -0.2) is 8.42 Å². The molecule has 0 N–H and O–H groups in total. The first-order valence-electron chi connectivity index (χ1n) is 8.78. The molecule has 0 spiro atoms. The lowest BCUT2D eigenvalue weighted by Gasteiger charge is -2.30. The number of piperidine rings is 1. The molecule has 2 aromatic rings. The van der Waals surface area contributed by atoms with Crippen LogP contribution in [0.5, 0.6) is 11.5 Å². The highest BCUT2D eigenvalue weighted by Gasteiger charge is 2.31. The van der Waals surface area contributed by atoms with Crippen LogP contribution in [0.2, 0.25) is 0 Å². The first-order valence-corrected chi connectivity index (χ1v) is 10.2. The second-order valence-electron chi connectivity index (χ2n) is 6.74. The van der Waals surface area contributed by atoms with E-state index in [0.717, 1.165) is 18.9 Å². The summed E-state index contributed by atoms with van der Waals surface area (Å²) in [6.45, 7) is 2.78. The van der Waals surface area contributed by atoms with Crippen LogP contribution in [-0.2, 0) is 10.0 Å². The van der Waals surface area contributed by atoms with E-state index in [1.54, 1.807) is 18.2 Å². The molecule has 3 rings (SSSR count). The van der Waals surface area contributed by atoms with Crippen LogP contribution in [0.1, 0.15) is 25.3 Å². The van der Waals surface area contributed by atoms with Crippen molar-refractivity contribution in [3.63, 3.8) is 0 Å². The van der Waals surface area contributed by atoms with Gasteiger partial charge in [0.05, 0.1) is 21.5 Å². The number of hydrogen-bond acceptors (Lipinski definition) is 6. The molecule has 1 atom stereocenters. The zero-order valence-corrected chi connectivity index (χ0v) is 16.1. The average Bonchev–Trinajstić information content (AvgIpc) is 2.68. The Bertz CT molecular complexity index is 1050. The Kier molecular flexibility index (Phi) is 5.63. The number of nitriles is 1. The molecule has 0 aliphatic carbocycles. The van der Waals surface area contributed by atoms with Crippen molar-refractivity contribution in [2.75, 3.05) is 13.1 Å². The Labute approximate surface area is 163 Å². The van der Waals surface area contributed by atoms with Crippen molar-refractivity contribution >= 4 is 15.7 Å². The van der Waals surface area contributed by atoms with Gasteiger partial charge in [-0.3, -0.25) is 10.1 Å².